The van der Waals surface area contributed by atoms with Gasteiger partial charge >= 0.3 is 0 Å². The largest absolute Gasteiger partial charge is 0.350 e. The fourth-order valence-electron chi connectivity index (χ4n) is 2.85. The molecule has 3 aromatic rings. The monoisotopic (exact) mass is 332 g/mol. The summed E-state index contributed by atoms with van der Waals surface area (Å²) < 4.78 is 0. The molecular weight excluding hydrogens is 308 g/mol. The van der Waals surface area contributed by atoms with Gasteiger partial charge in [-0.25, -0.2) is 4.98 Å². The Morgan fingerprint density at radius 1 is 0.840 bits per heavy atom. The fourth-order valence-corrected chi connectivity index (χ4v) is 2.85. The number of anilines is 3. The van der Waals surface area contributed by atoms with Crippen molar-refractivity contribution in [3.63, 3.8) is 0 Å². The summed E-state index contributed by atoms with van der Waals surface area (Å²) in [6, 6.07) is 16.7. The average molecular weight is 332 g/mol. The Labute approximate surface area is 149 Å². The second-order valence-corrected chi connectivity index (χ2v) is 6.45. The minimum atomic E-state index is 0.634. The maximum absolute atomic E-state index is 4.62. The smallest absolute Gasteiger partial charge is 0.225 e. The number of para-hydroxylation sites is 1. The summed E-state index contributed by atoms with van der Waals surface area (Å²) in [5, 5.41) is 6.76. The molecule has 0 fully saturated rings. The van der Waals surface area contributed by atoms with Gasteiger partial charge in [-0.1, -0.05) is 48.0 Å². The van der Waals surface area contributed by atoms with Crippen molar-refractivity contribution in [3.05, 3.63) is 76.5 Å². The van der Waals surface area contributed by atoms with E-state index in [1.54, 1.807) is 0 Å². The lowest BCUT2D eigenvalue weighted by Gasteiger charge is -2.14. The predicted octanol–water partition coefficient (Wildman–Crippen LogP) is 5.07. The van der Waals surface area contributed by atoms with Crippen LogP contribution in [0.5, 0.6) is 0 Å². The molecule has 4 heteroatoms. The van der Waals surface area contributed by atoms with E-state index in [1.165, 1.54) is 22.3 Å². The number of hydrogen-bond acceptors (Lipinski definition) is 4. The number of rotatable bonds is 5. The molecule has 0 aliphatic rings. The third kappa shape index (κ3) is 4.35. The van der Waals surface area contributed by atoms with Gasteiger partial charge in [0.05, 0.1) is 0 Å². The van der Waals surface area contributed by atoms with E-state index in [2.05, 4.69) is 83.8 Å². The molecule has 0 saturated carbocycles. The van der Waals surface area contributed by atoms with Gasteiger partial charge < -0.3 is 10.6 Å². The Bertz CT molecular complexity index is 867. The van der Waals surface area contributed by atoms with Crippen molar-refractivity contribution in [1.29, 1.82) is 0 Å². The van der Waals surface area contributed by atoms with Gasteiger partial charge in [0.1, 0.15) is 5.82 Å². The van der Waals surface area contributed by atoms with Crippen LogP contribution in [0, 0.1) is 27.7 Å². The molecule has 1 heterocycles. The van der Waals surface area contributed by atoms with Gasteiger partial charge in [0.15, 0.2) is 0 Å². The molecule has 0 aliphatic heterocycles. The molecule has 4 nitrogen and oxygen atoms in total. The normalized spacial score (nSPS) is 10.6. The summed E-state index contributed by atoms with van der Waals surface area (Å²) in [6.45, 7) is 8.98. The molecule has 0 bridgehead atoms. The Kier molecular flexibility index (Phi) is 4.98. The predicted molar refractivity (Wildman–Crippen MR) is 104 cm³/mol. The van der Waals surface area contributed by atoms with Crippen LogP contribution in [0.4, 0.5) is 17.5 Å². The molecule has 0 atom stereocenters. The van der Waals surface area contributed by atoms with Gasteiger partial charge in [-0.05, 0) is 44.4 Å². The number of aryl methyl sites for hydroxylation is 4. The van der Waals surface area contributed by atoms with E-state index in [4.69, 9.17) is 0 Å². The van der Waals surface area contributed by atoms with E-state index in [0.717, 1.165) is 17.2 Å². The number of aromatic nitrogens is 2. The van der Waals surface area contributed by atoms with E-state index >= 15 is 0 Å². The molecule has 0 unspecified atom stereocenters. The van der Waals surface area contributed by atoms with Crippen molar-refractivity contribution >= 4 is 17.5 Å². The van der Waals surface area contributed by atoms with Crippen LogP contribution in [0.15, 0.2) is 48.5 Å². The number of nitrogens with one attached hydrogen (secondary N) is 2. The summed E-state index contributed by atoms with van der Waals surface area (Å²) in [6.07, 6.45) is 0. The van der Waals surface area contributed by atoms with Crippen LogP contribution in [0.1, 0.15) is 27.9 Å². The Morgan fingerprint density at radius 2 is 1.56 bits per heavy atom. The maximum atomic E-state index is 4.62. The first-order chi connectivity index (χ1) is 12.0. The number of nitrogens with zero attached hydrogens (tertiary/aromatic N) is 2. The van der Waals surface area contributed by atoms with Crippen molar-refractivity contribution < 1.29 is 0 Å². The van der Waals surface area contributed by atoms with Crippen LogP contribution in [0.25, 0.3) is 0 Å². The molecule has 0 amide bonds. The average Bonchev–Trinajstić information content (AvgIpc) is 2.56. The van der Waals surface area contributed by atoms with Crippen LogP contribution >= 0.6 is 0 Å². The number of benzene rings is 2. The highest BCUT2D eigenvalue weighted by atomic mass is 15.1. The molecule has 0 radical (unpaired) electrons. The molecular formula is C21H24N4. The second-order valence-electron chi connectivity index (χ2n) is 6.45. The van der Waals surface area contributed by atoms with Crippen molar-refractivity contribution in [3.8, 4) is 0 Å². The Morgan fingerprint density at radius 3 is 2.28 bits per heavy atom. The van der Waals surface area contributed by atoms with E-state index < -0.39 is 0 Å². The molecule has 3 rings (SSSR count). The minimum absolute atomic E-state index is 0.634. The minimum Gasteiger partial charge on any atom is -0.350 e. The zero-order chi connectivity index (χ0) is 17.8. The van der Waals surface area contributed by atoms with Crippen molar-refractivity contribution in [2.45, 2.75) is 34.2 Å². The van der Waals surface area contributed by atoms with Crippen molar-refractivity contribution in [1.82, 2.24) is 9.97 Å². The fraction of sp³-hybridized carbons (Fsp3) is 0.238. The molecule has 0 aliphatic carbocycles. The zero-order valence-corrected chi connectivity index (χ0v) is 15.2. The lowest BCUT2D eigenvalue weighted by Crippen LogP contribution is -2.07. The molecule has 0 spiro atoms. The first kappa shape index (κ1) is 17.0. The van der Waals surface area contributed by atoms with Gasteiger partial charge in [0.25, 0.3) is 0 Å². The summed E-state index contributed by atoms with van der Waals surface area (Å²) in [5.74, 6) is 1.44. The summed E-state index contributed by atoms with van der Waals surface area (Å²) in [7, 11) is 0. The van der Waals surface area contributed by atoms with E-state index in [9.17, 15) is 0 Å². The topological polar surface area (TPSA) is 49.8 Å². The van der Waals surface area contributed by atoms with Crippen LogP contribution < -0.4 is 10.6 Å². The summed E-state index contributed by atoms with van der Waals surface area (Å²) in [4.78, 5) is 9.11. The van der Waals surface area contributed by atoms with Gasteiger partial charge in [-0.15, -0.1) is 0 Å². The highest BCUT2D eigenvalue weighted by molar-refractivity contribution is 5.65. The van der Waals surface area contributed by atoms with E-state index in [1.807, 2.05) is 13.0 Å². The maximum Gasteiger partial charge on any atom is 0.225 e. The molecule has 1 aromatic heterocycles. The van der Waals surface area contributed by atoms with E-state index in [0.29, 0.717) is 12.5 Å². The lowest BCUT2D eigenvalue weighted by molar-refractivity contribution is 1.03. The Hall–Kier alpha value is -2.88. The zero-order valence-electron chi connectivity index (χ0n) is 15.2. The van der Waals surface area contributed by atoms with Crippen LogP contribution in [-0.4, -0.2) is 9.97 Å². The standard InChI is InChI=1S/C21H24N4/c1-14-7-5-10-18(11-14)13-22-21-23-17(4)12-19(25-21)24-20-15(2)8-6-9-16(20)3/h5-12H,13H2,1-4H3,(H2,22,23,24,25). The number of hydrogen-bond donors (Lipinski definition) is 2. The molecule has 2 aromatic carbocycles. The van der Waals surface area contributed by atoms with Crippen LogP contribution in [0.2, 0.25) is 0 Å². The van der Waals surface area contributed by atoms with Crippen LogP contribution in [0.3, 0.4) is 0 Å². The van der Waals surface area contributed by atoms with Crippen molar-refractivity contribution in [2.75, 3.05) is 10.6 Å². The summed E-state index contributed by atoms with van der Waals surface area (Å²) >= 11 is 0. The first-order valence-corrected chi connectivity index (χ1v) is 8.49. The third-order valence-corrected chi connectivity index (χ3v) is 4.12. The second kappa shape index (κ2) is 7.34. The highest BCUT2D eigenvalue weighted by Gasteiger charge is 2.06. The van der Waals surface area contributed by atoms with Gasteiger partial charge in [0.2, 0.25) is 5.95 Å². The van der Waals surface area contributed by atoms with E-state index in [-0.39, 0.29) is 0 Å². The quantitative estimate of drug-likeness (QED) is 0.685. The summed E-state index contributed by atoms with van der Waals surface area (Å²) in [5.41, 5.74) is 6.90. The SMILES string of the molecule is Cc1cccc(CNc2nc(C)cc(Nc3c(C)cccc3C)n2)c1. The molecule has 25 heavy (non-hydrogen) atoms. The van der Waals surface area contributed by atoms with Gasteiger partial charge in [-0.3, -0.25) is 0 Å². The first-order valence-electron chi connectivity index (χ1n) is 8.49. The Balaban J connectivity index is 1.78. The van der Waals surface area contributed by atoms with Crippen LogP contribution in [-0.2, 0) is 6.54 Å². The molecule has 2 N–H and O–H groups in total. The third-order valence-electron chi connectivity index (χ3n) is 4.12. The molecule has 0 saturated heterocycles. The molecule has 128 valence electrons. The lowest BCUT2D eigenvalue weighted by atomic mass is 10.1. The highest BCUT2D eigenvalue weighted by Crippen LogP contribution is 2.24. The van der Waals surface area contributed by atoms with Crippen molar-refractivity contribution in [2.24, 2.45) is 0 Å². The van der Waals surface area contributed by atoms with Gasteiger partial charge in [0, 0.05) is 24.0 Å². The van der Waals surface area contributed by atoms with Gasteiger partial charge in [-0.2, -0.15) is 4.98 Å².